The van der Waals surface area contributed by atoms with Crippen molar-refractivity contribution in [1.29, 1.82) is 0 Å². The Kier molecular flexibility index (Phi) is 6.27. The fourth-order valence-electron chi connectivity index (χ4n) is 3.14. The number of ether oxygens (including phenoxy) is 1. The molecule has 0 N–H and O–H groups in total. The Bertz CT molecular complexity index is 282. The molecule has 1 fully saturated rings. The lowest BCUT2D eigenvalue weighted by Crippen LogP contribution is -2.48. The highest BCUT2D eigenvalue weighted by Gasteiger charge is 2.31. The van der Waals surface area contributed by atoms with Crippen LogP contribution < -0.4 is 0 Å². The molecule has 19 heavy (non-hydrogen) atoms. The van der Waals surface area contributed by atoms with Gasteiger partial charge < -0.3 is 9.64 Å². The number of morpholine rings is 1. The molecule has 0 aromatic carbocycles. The van der Waals surface area contributed by atoms with Crippen molar-refractivity contribution in [2.45, 2.75) is 46.6 Å². The second-order valence-electron chi connectivity index (χ2n) is 6.03. The highest BCUT2D eigenvalue weighted by Crippen LogP contribution is 2.24. The first-order valence-electron chi connectivity index (χ1n) is 7.54. The zero-order valence-electron chi connectivity index (χ0n) is 13.2. The van der Waals surface area contributed by atoms with Crippen LogP contribution in [0.4, 0.5) is 0 Å². The van der Waals surface area contributed by atoms with E-state index in [4.69, 9.17) is 4.74 Å². The molecule has 1 unspecified atom stereocenters. The Morgan fingerprint density at radius 3 is 2.26 bits per heavy atom. The normalized spacial score (nSPS) is 18.7. The molecule has 1 amide bonds. The average molecular weight is 270 g/mol. The lowest BCUT2D eigenvalue weighted by atomic mass is 9.89. The number of nitrogens with zero attached hydrogens (tertiary/aromatic N) is 2. The van der Waals surface area contributed by atoms with Gasteiger partial charge in [-0.2, -0.15) is 0 Å². The lowest BCUT2D eigenvalue weighted by molar-refractivity contribution is -0.140. The van der Waals surface area contributed by atoms with Crippen LogP contribution in [0.25, 0.3) is 0 Å². The molecule has 112 valence electrons. The van der Waals surface area contributed by atoms with Crippen molar-refractivity contribution in [3.63, 3.8) is 0 Å². The van der Waals surface area contributed by atoms with Gasteiger partial charge in [-0.25, -0.2) is 0 Å². The van der Waals surface area contributed by atoms with E-state index in [0.717, 1.165) is 32.6 Å². The first kappa shape index (κ1) is 16.4. The third-order valence-electron chi connectivity index (χ3n) is 4.17. The smallest absolute Gasteiger partial charge is 0.225 e. The maximum atomic E-state index is 12.4. The number of amides is 1. The maximum absolute atomic E-state index is 12.4. The largest absolute Gasteiger partial charge is 0.378 e. The van der Waals surface area contributed by atoms with Crippen molar-refractivity contribution in [3.8, 4) is 0 Å². The van der Waals surface area contributed by atoms with Crippen LogP contribution in [0.3, 0.4) is 0 Å². The van der Waals surface area contributed by atoms with Crippen molar-refractivity contribution in [2.75, 3.05) is 39.4 Å². The van der Waals surface area contributed by atoms with Crippen molar-refractivity contribution < 1.29 is 9.53 Å². The Morgan fingerprint density at radius 1 is 1.26 bits per heavy atom. The van der Waals surface area contributed by atoms with Gasteiger partial charge in [0.2, 0.25) is 5.91 Å². The fourth-order valence-corrected chi connectivity index (χ4v) is 3.14. The summed E-state index contributed by atoms with van der Waals surface area (Å²) in [7, 11) is 0. The molecule has 0 radical (unpaired) electrons. The highest BCUT2D eigenvalue weighted by atomic mass is 16.5. The van der Waals surface area contributed by atoms with Gasteiger partial charge in [-0.1, -0.05) is 20.8 Å². The van der Waals surface area contributed by atoms with E-state index in [1.165, 1.54) is 0 Å². The Morgan fingerprint density at radius 2 is 1.79 bits per heavy atom. The van der Waals surface area contributed by atoms with E-state index in [1.807, 2.05) is 4.90 Å². The number of carbonyl (C=O) groups is 1. The van der Waals surface area contributed by atoms with Gasteiger partial charge in [-0.3, -0.25) is 9.69 Å². The standard InChI is InChI=1S/C15H30N2O2/c1-6-17(7-2)15(4,5)12-13(3)14(18)16-8-10-19-11-9-16/h13H,6-12H2,1-5H3. The van der Waals surface area contributed by atoms with Crippen LogP contribution in [0.5, 0.6) is 0 Å². The molecule has 0 aromatic rings. The summed E-state index contributed by atoms with van der Waals surface area (Å²) in [6.45, 7) is 15.8. The summed E-state index contributed by atoms with van der Waals surface area (Å²) in [6.07, 6.45) is 0.908. The van der Waals surface area contributed by atoms with Crippen molar-refractivity contribution in [3.05, 3.63) is 0 Å². The summed E-state index contributed by atoms with van der Waals surface area (Å²) in [4.78, 5) is 16.8. The molecule has 4 nitrogen and oxygen atoms in total. The van der Waals surface area contributed by atoms with E-state index >= 15 is 0 Å². The summed E-state index contributed by atoms with van der Waals surface area (Å²) >= 11 is 0. The molecular formula is C15H30N2O2. The number of hydrogen-bond acceptors (Lipinski definition) is 3. The molecule has 4 heteroatoms. The minimum absolute atomic E-state index is 0.0743. The van der Waals surface area contributed by atoms with E-state index in [-0.39, 0.29) is 17.4 Å². The van der Waals surface area contributed by atoms with E-state index < -0.39 is 0 Å². The molecule has 1 aliphatic heterocycles. The molecule has 1 saturated heterocycles. The van der Waals surface area contributed by atoms with Gasteiger partial charge in [0.15, 0.2) is 0 Å². The van der Waals surface area contributed by atoms with E-state index in [0.29, 0.717) is 13.2 Å². The molecule has 1 heterocycles. The first-order valence-corrected chi connectivity index (χ1v) is 7.54. The molecule has 1 aliphatic rings. The monoisotopic (exact) mass is 270 g/mol. The summed E-state index contributed by atoms with van der Waals surface area (Å²) in [6, 6.07) is 0. The molecule has 0 bridgehead atoms. The topological polar surface area (TPSA) is 32.8 Å². The lowest BCUT2D eigenvalue weighted by Gasteiger charge is -2.40. The number of hydrogen-bond donors (Lipinski definition) is 0. The molecular weight excluding hydrogens is 240 g/mol. The van der Waals surface area contributed by atoms with Crippen LogP contribution in [0, 0.1) is 5.92 Å². The molecule has 1 rings (SSSR count). The van der Waals surface area contributed by atoms with E-state index in [2.05, 4.69) is 39.5 Å². The second-order valence-corrected chi connectivity index (χ2v) is 6.03. The zero-order valence-corrected chi connectivity index (χ0v) is 13.2. The van der Waals surface area contributed by atoms with E-state index in [9.17, 15) is 4.79 Å². The summed E-state index contributed by atoms with van der Waals surface area (Å²) in [5, 5.41) is 0. The van der Waals surface area contributed by atoms with Crippen LogP contribution in [-0.4, -0.2) is 60.6 Å². The molecule has 0 aliphatic carbocycles. The Balaban J connectivity index is 2.56. The van der Waals surface area contributed by atoms with Gasteiger partial charge in [0, 0.05) is 24.5 Å². The second kappa shape index (κ2) is 7.25. The minimum Gasteiger partial charge on any atom is -0.378 e. The van der Waals surface area contributed by atoms with Crippen molar-refractivity contribution in [1.82, 2.24) is 9.80 Å². The first-order chi connectivity index (χ1) is 8.92. The fraction of sp³-hybridized carbons (Fsp3) is 0.933. The quantitative estimate of drug-likeness (QED) is 0.740. The van der Waals surface area contributed by atoms with Crippen LogP contribution in [0.2, 0.25) is 0 Å². The predicted octanol–water partition coefficient (Wildman–Crippen LogP) is 1.99. The van der Waals surface area contributed by atoms with Gasteiger partial charge in [0.05, 0.1) is 13.2 Å². The number of carbonyl (C=O) groups excluding carboxylic acids is 1. The summed E-state index contributed by atoms with van der Waals surface area (Å²) in [5.74, 6) is 0.359. The van der Waals surface area contributed by atoms with Gasteiger partial charge in [-0.15, -0.1) is 0 Å². The Hall–Kier alpha value is -0.610. The third kappa shape index (κ3) is 4.46. The maximum Gasteiger partial charge on any atom is 0.225 e. The number of rotatable bonds is 6. The van der Waals surface area contributed by atoms with Gasteiger partial charge in [0.1, 0.15) is 0 Å². The van der Waals surface area contributed by atoms with Gasteiger partial charge >= 0.3 is 0 Å². The van der Waals surface area contributed by atoms with Crippen LogP contribution in [0.15, 0.2) is 0 Å². The van der Waals surface area contributed by atoms with Crippen molar-refractivity contribution >= 4 is 5.91 Å². The molecule has 0 spiro atoms. The highest BCUT2D eigenvalue weighted by molar-refractivity contribution is 5.78. The van der Waals surface area contributed by atoms with Gasteiger partial charge in [-0.05, 0) is 33.4 Å². The zero-order chi connectivity index (χ0) is 14.5. The summed E-state index contributed by atoms with van der Waals surface area (Å²) in [5.41, 5.74) is 0.0743. The molecule has 0 saturated carbocycles. The Labute approximate surface area is 118 Å². The molecule has 1 atom stereocenters. The minimum atomic E-state index is 0.0743. The SMILES string of the molecule is CCN(CC)C(C)(C)CC(C)C(=O)N1CCOCC1. The average Bonchev–Trinajstić information content (AvgIpc) is 2.39. The van der Waals surface area contributed by atoms with Crippen molar-refractivity contribution in [2.24, 2.45) is 5.92 Å². The van der Waals surface area contributed by atoms with Crippen LogP contribution in [-0.2, 0) is 9.53 Å². The van der Waals surface area contributed by atoms with Gasteiger partial charge in [0.25, 0.3) is 0 Å². The summed E-state index contributed by atoms with van der Waals surface area (Å²) < 4.78 is 5.30. The third-order valence-corrected chi connectivity index (χ3v) is 4.17. The molecule has 0 aromatic heterocycles. The van der Waals surface area contributed by atoms with Crippen LogP contribution in [0.1, 0.15) is 41.0 Å². The van der Waals surface area contributed by atoms with Crippen LogP contribution >= 0.6 is 0 Å². The van der Waals surface area contributed by atoms with E-state index in [1.54, 1.807) is 0 Å². The predicted molar refractivity (Wildman–Crippen MR) is 78.2 cm³/mol.